The average Bonchev–Trinajstić information content (AvgIpc) is 3.35. The van der Waals surface area contributed by atoms with Crippen molar-refractivity contribution in [2.75, 3.05) is 0 Å². The number of alkyl halides is 6. The molecule has 16 heteroatoms. The monoisotopic (exact) mass is 560 g/mol. The molecule has 2 rings (SSSR count). The van der Waals surface area contributed by atoms with Crippen molar-refractivity contribution in [3.8, 4) is 0 Å². The Morgan fingerprint density at radius 2 is 1.00 bits per heavy atom. The van der Waals surface area contributed by atoms with Crippen LogP contribution in [0.15, 0.2) is 21.2 Å². The van der Waals surface area contributed by atoms with Gasteiger partial charge in [-0.15, -0.1) is 0 Å². The van der Waals surface area contributed by atoms with Crippen molar-refractivity contribution in [2.45, 2.75) is 91.0 Å². The molecule has 2 atom stereocenters. The Bertz CT molecular complexity index is 982. The quantitative estimate of drug-likeness (QED) is 0.403. The van der Waals surface area contributed by atoms with Crippen molar-refractivity contribution in [3.05, 3.63) is 35.0 Å². The highest BCUT2D eigenvalue weighted by Gasteiger charge is 2.37. The van der Waals surface area contributed by atoms with Crippen LogP contribution in [0.4, 0.5) is 35.9 Å². The molecule has 10 nitrogen and oxygen atoms in total. The van der Waals surface area contributed by atoms with E-state index in [9.17, 15) is 35.9 Å². The van der Waals surface area contributed by atoms with Crippen molar-refractivity contribution < 1.29 is 54.5 Å². The molecule has 2 aromatic rings. The molecule has 38 heavy (non-hydrogen) atoms. The molecule has 0 aliphatic rings. The Labute approximate surface area is 214 Å². The Kier molecular flexibility index (Phi) is 10.2. The smallest absolute Gasteiger partial charge is 0.444 e. The molecule has 2 N–H and O–H groups in total. The summed E-state index contributed by atoms with van der Waals surface area (Å²) in [5, 5.41) is 11.3. The number of hydrogen-bond donors (Lipinski definition) is 2. The summed E-state index contributed by atoms with van der Waals surface area (Å²) in [6, 6.07) is -0.0336. The van der Waals surface area contributed by atoms with Gasteiger partial charge in [0.15, 0.2) is 0 Å². The normalized spacial score (nSPS) is 14.1. The third-order valence-electron chi connectivity index (χ3n) is 3.97. The first-order valence-corrected chi connectivity index (χ1v) is 11.0. The number of nitrogens with zero attached hydrogens (tertiary/aromatic N) is 2. The van der Waals surface area contributed by atoms with Crippen LogP contribution in [0.1, 0.15) is 90.4 Å². The van der Waals surface area contributed by atoms with E-state index in [-0.39, 0.29) is 11.4 Å². The lowest BCUT2D eigenvalue weighted by atomic mass is 10.2. The molecule has 2 aromatic heterocycles. The number of carbonyl (C=O) groups excluding carboxylic acids is 2. The third kappa shape index (κ3) is 11.7. The van der Waals surface area contributed by atoms with E-state index in [1.54, 1.807) is 41.5 Å². The summed E-state index contributed by atoms with van der Waals surface area (Å²) < 4.78 is 92.1. The van der Waals surface area contributed by atoms with Gasteiger partial charge in [-0.25, -0.2) is 9.59 Å². The van der Waals surface area contributed by atoms with Crippen LogP contribution in [0.3, 0.4) is 0 Å². The van der Waals surface area contributed by atoms with Crippen LogP contribution in [0, 0.1) is 0 Å². The highest BCUT2D eigenvalue weighted by atomic mass is 19.4. The van der Waals surface area contributed by atoms with Gasteiger partial charge in [0.05, 0.1) is 12.1 Å². The van der Waals surface area contributed by atoms with Gasteiger partial charge >= 0.3 is 24.5 Å². The number of nitrogens with one attached hydrogen (secondary N) is 2. The van der Waals surface area contributed by atoms with E-state index in [1.165, 1.54) is 13.8 Å². The molecule has 0 bridgehead atoms. The number of alkyl carbamates (subject to hydrolysis) is 2. The second kappa shape index (κ2) is 11.9. The average molecular weight is 560 g/mol. The summed E-state index contributed by atoms with van der Waals surface area (Å²) in [5.41, 5.74) is -1.44. The van der Waals surface area contributed by atoms with Crippen molar-refractivity contribution in [3.63, 3.8) is 0 Å². The number of halogens is 6. The van der Waals surface area contributed by atoms with Gasteiger partial charge in [-0.2, -0.15) is 26.3 Å². The fourth-order valence-electron chi connectivity index (χ4n) is 2.37. The minimum absolute atomic E-state index is 0.0295. The summed E-state index contributed by atoms with van der Waals surface area (Å²) in [6.45, 7) is 13.0. The van der Waals surface area contributed by atoms with Gasteiger partial charge in [0.25, 0.3) is 0 Å². The molecule has 0 aromatic carbocycles. The van der Waals surface area contributed by atoms with Crippen LogP contribution >= 0.6 is 0 Å². The van der Waals surface area contributed by atoms with E-state index < -0.39 is 59.3 Å². The lowest BCUT2D eigenvalue weighted by Crippen LogP contribution is -2.34. The molecule has 216 valence electrons. The van der Waals surface area contributed by atoms with Crippen molar-refractivity contribution in [1.29, 1.82) is 0 Å². The van der Waals surface area contributed by atoms with Crippen molar-refractivity contribution in [1.82, 2.24) is 20.9 Å². The summed E-state index contributed by atoms with van der Waals surface area (Å²) in [4.78, 5) is 22.9. The number of hydrogen-bond acceptors (Lipinski definition) is 8. The number of ether oxygens (including phenoxy) is 2. The number of amides is 2. The summed E-state index contributed by atoms with van der Waals surface area (Å²) >= 11 is 0. The SMILES string of the molecule is C[C@@H](NC(=O)OC(C)(C)C)c1cc(C(F)(F)F)on1.C[C@@H](NC(=O)OC(C)(C)C)c1cc(C(F)(F)F)on1. The van der Waals surface area contributed by atoms with Crippen LogP contribution in [-0.4, -0.2) is 33.7 Å². The molecule has 0 fully saturated rings. The second-order valence-corrected chi connectivity index (χ2v) is 9.96. The number of aromatic nitrogens is 2. The van der Waals surface area contributed by atoms with Gasteiger partial charge < -0.3 is 29.2 Å². The zero-order chi connectivity index (χ0) is 29.7. The molecule has 0 saturated heterocycles. The number of rotatable bonds is 4. The van der Waals surface area contributed by atoms with Gasteiger partial charge in [0, 0.05) is 12.1 Å². The van der Waals surface area contributed by atoms with Gasteiger partial charge in [-0.05, 0) is 55.4 Å². The van der Waals surface area contributed by atoms with Gasteiger partial charge in [-0.1, -0.05) is 10.3 Å². The van der Waals surface area contributed by atoms with Gasteiger partial charge in [-0.3, -0.25) is 0 Å². The van der Waals surface area contributed by atoms with Gasteiger partial charge in [0.2, 0.25) is 11.5 Å². The van der Waals surface area contributed by atoms with E-state index in [0.717, 1.165) is 12.1 Å². The van der Waals surface area contributed by atoms with E-state index in [4.69, 9.17) is 9.47 Å². The summed E-state index contributed by atoms with van der Waals surface area (Å²) in [5.74, 6) is -2.42. The molecule has 0 aliphatic heterocycles. The summed E-state index contributed by atoms with van der Waals surface area (Å²) in [7, 11) is 0. The summed E-state index contributed by atoms with van der Waals surface area (Å²) in [6.07, 6.45) is -10.7. The van der Waals surface area contributed by atoms with Gasteiger partial charge in [0.1, 0.15) is 22.6 Å². The molecule has 0 spiro atoms. The maximum Gasteiger partial charge on any atom is 0.452 e. The first kappa shape index (κ1) is 32.6. The van der Waals surface area contributed by atoms with Crippen LogP contribution in [-0.2, 0) is 21.8 Å². The van der Waals surface area contributed by atoms with Crippen LogP contribution in [0.2, 0.25) is 0 Å². The Balaban J connectivity index is 0.000000380. The van der Waals surface area contributed by atoms with Crippen LogP contribution in [0.5, 0.6) is 0 Å². The maximum atomic E-state index is 12.3. The largest absolute Gasteiger partial charge is 0.452 e. The molecule has 2 amide bonds. The fourth-order valence-corrected chi connectivity index (χ4v) is 2.37. The lowest BCUT2D eigenvalue weighted by Gasteiger charge is -2.21. The predicted octanol–water partition coefficient (Wildman–Crippen LogP) is 6.56. The molecule has 2 heterocycles. The highest BCUT2D eigenvalue weighted by Crippen LogP contribution is 2.31. The van der Waals surface area contributed by atoms with Crippen LogP contribution < -0.4 is 10.6 Å². The van der Waals surface area contributed by atoms with Crippen molar-refractivity contribution >= 4 is 12.2 Å². The van der Waals surface area contributed by atoms with E-state index in [1.807, 2.05) is 0 Å². The molecular weight excluding hydrogens is 530 g/mol. The predicted molar refractivity (Wildman–Crippen MR) is 119 cm³/mol. The maximum absolute atomic E-state index is 12.3. The molecular formula is C22H30F6N4O6. The minimum atomic E-state index is -4.60. The molecule has 0 radical (unpaired) electrons. The topological polar surface area (TPSA) is 129 Å². The first-order chi connectivity index (χ1) is 17.0. The van der Waals surface area contributed by atoms with Crippen LogP contribution in [0.25, 0.3) is 0 Å². The second-order valence-electron chi connectivity index (χ2n) is 9.96. The Morgan fingerprint density at radius 3 is 1.21 bits per heavy atom. The van der Waals surface area contributed by atoms with E-state index >= 15 is 0 Å². The number of carbonyl (C=O) groups is 2. The van der Waals surface area contributed by atoms with E-state index in [0.29, 0.717) is 0 Å². The Morgan fingerprint density at radius 1 is 0.711 bits per heavy atom. The molecule has 0 unspecified atom stereocenters. The lowest BCUT2D eigenvalue weighted by molar-refractivity contribution is -0.156. The molecule has 0 aliphatic carbocycles. The fraction of sp³-hybridized carbons (Fsp3) is 0.636. The van der Waals surface area contributed by atoms with E-state index in [2.05, 4.69) is 30.0 Å². The highest BCUT2D eigenvalue weighted by molar-refractivity contribution is 5.68. The Hall–Kier alpha value is -3.46. The third-order valence-corrected chi connectivity index (χ3v) is 3.97. The molecule has 0 saturated carbocycles. The minimum Gasteiger partial charge on any atom is -0.444 e. The first-order valence-electron chi connectivity index (χ1n) is 11.0. The van der Waals surface area contributed by atoms with Crippen molar-refractivity contribution in [2.24, 2.45) is 0 Å². The zero-order valence-corrected chi connectivity index (χ0v) is 21.9. The zero-order valence-electron chi connectivity index (χ0n) is 21.9. The standard InChI is InChI=1S/2C11H15F3N2O3/c2*1-6(15-9(17)18-10(2,3)4)7-5-8(19-16-7)11(12,13)14/h2*5-6H,1-4H3,(H,15,17)/t2*6-/m11/s1.